The van der Waals surface area contributed by atoms with Crippen LogP contribution in [0.3, 0.4) is 0 Å². The Morgan fingerprint density at radius 3 is 2.37 bits per heavy atom. The summed E-state index contributed by atoms with van der Waals surface area (Å²) >= 11 is 0. The number of benzene rings is 1. The van der Waals surface area contributed by atoms with E-state index in [0.717, 1.165) is 30.8 Å². The van der Waals surface area contributed by atoms with Crippen LogP contribution in [0.25, 0.3) is 0 Å². The standard InChI is InChI=1S/C16H27NO2/c1-5-16(6-2,12-17)9-10-19-14-8-7-13(3)11-15(14)18-4/h7-8,11H,5-6,9-10,12,17H2,1-4H3. The molecule has 0 spiro atoms. The zero-order valence-electron chi connectivity index (χ0n) is 12.7. The van der Waals surface area contributed by atoms with Crippen LogP contribution in [0.5, 0.6) is 11.5 Å². The smallest absolute Gasteiger partial charge is 0.161 e. The van der Waals surface area contributed by atoms with Crippen molar-refractivity contribution < 1.29 is 9.47 Å². The molecule has 0 saturated heterocycles. The fraction of sp³-hybridized carbons (Fsp3) is 0.625. The van der Waals surface area contributed by atoms with Gasteiger partial charge in [-0.25, -0.2) is 0 Å². The van der Waals surface area contributed by atoms with E-state index in [1.807, 2.05) is 25.1 Å². The highest BCUT2D eigenvalue weighted by Crippen LogP contribution is 2.31. The molecule has 0 bridgehead atoms. The summed E-state index contributed by atoms with van der Waals surface area (Å²) in [5.41, 5.74) is 7.28. The predicted molar refractivity (Wildman–Crippen MR) is 79.9 cm³/mol. The number of ether oxygens (including phenoxy) is 2. The van der Waals surface area contributed by atoms with Crippen LogP contribution >= 0.6 is 0 Å². The van der Waals surface area contributed by atoms with Gasteiger partial charge in [-0.15, -0.1) is 0 Å². The van der Waals surface area contributed by atoms with Gasteiger partial charge in [-0.1, -0.05) is 19.9 Å². The second kappa shape index (κ2) is 7.39. The fourth-order valence-electron chi connectivity index (χ4n) is 2.27. The zero-order chi connectivity index (χ0) is 14.3. The maximum Gasteiger partial charge on any atom is 0.161 e. The van der Waals surface area contributed by atoms with Gasteiger partial charge in [0, 0.05) is 0 Å². The molecule has 0 aromatic heterocycles. The van der Waals surface area contributed by atoms with Crippen molar-refractivity contribution in [2.24, 2.45) is 11.1 Å². The molecule has 3 heteroatoms. The quantitative estimate of drug-likeness (QED) is 0.782. The summed E-state index contributed by atoms with van der Waals surface area (Å²) < 4.78 is 11.2. The van der Waals surface area contributed by atoms with Crippen molar-refractivity contribution in [2.45, 2.75) is 40.0 Å². The molecule has 0 atom stereocenters. The summed E-state index contributed by atoms with van der Waals surface area (Å²) in [6.07, 6.45) is 3.16. The average Bonchev–Trinajstić information content (AvgIpc) is 2.45. The van der Waals surface area contributed by atoms with E-state index >= 15 is 0 Å². The molecule has 0 heterocycles. The van der Waals surface area contributed by atoms with E-state index in [0.29, 0.717) is 13.2 Å². The van der Waals surface area contributed by atoms with Gasteiger partial charge >= 0.3 is 0 Å². The summed E-state index contributed by atoms with van der Waals surface area (Å²) in [5, 5.41) is 0. The number of nitrogens with two attached hydrogens (primary N) is 1. The molecule has 0 aliphatic rings. The minimum atomic E-state index is 0.206. The number of hydrogen-bond acceptors (Lipinski definition) is 3. The Labute approximate surface area is 117 Å². The third-order valence-electron chi connectivity index (χ3n) is 4.14. The molecule has 0 aliphatic heterocycles. The van der Waals surface area contributed by atoms with Gasteiger partial charge in [-0.05, 0) is 55.8 Å². The second-order valence-corrected chi connectivity index (χ2v) is 5.16. The highest BCUT2D eigenvalue weighted by molar-refractivity contribution is 5.42. The summed E-state index contributed by atoms with van der Waals surface area (Å²) in [6.45, 7) is 7.83. The Morgan fingerprint density at radius 2 is 1.84 bits per heavy atom. The fourth-order valence-corrected chi connectivity index (χ4v) is 2.27. The first kappa shape index (κ1) is 15.8. The summed E-state index contributed by atoms with van der Waals surface area (Å²) in [7, 11) is 1.67. The molecule has 1 rings (SSSR count). The molecule has 0 radical (unpaired) electrons. The van der Waals surface area contributed by atoms with Gasteiger partial charge in [0.1, 0.15) is 0 Å². The van der Waals surface area contributed by atoms with E-state index in [1.165, 1.54) is 5.56 Å². The molecule has 0 amide bonds. The monoisotopic (exact) mass is 265 g/mol. The third-order valence-corrected chi connectivity index (χ3v) is 4.14. The molecule has 1 aromatic carbocycles. The van der Waals surface area contributed by atoms with Gasteiger partial charge in [0.05, 0.1) is 13.7 Å². The Kier molecular flexibility index (Phi) is 6.16. The molecular formula is C16H27NO2. The van der Waals surface area contributed by atoms with E-state index < -0.39 is 0 Å². The van der Waals surface area contributed by atoms with Gasteiger partial charge in [0.2, 0.25) is 0 Å². The van der Waals surface area contributed by atoms with Crippen molar-refractivity contribution in [3.05, 3.63) is 23.8 Å². The van der Waals surface area contributed by atoms with Gasteiger partial charge < -0.3 is 15.2 Å². The first-order valence-electron chi connectivity index (χ1n) is 7.08. The van der Waals surface area contributed by atoms with E-state index in [1.54, 1.807) is 7.11 Å². The molecule has 19 heavy (non-hydrogen) atoms. The number of aryl methyl sites for hydroxylation is 1. The number of rotatable bonds is 8. The Hall–Kier alpha value is -1.22. The molecule has 1 aromatic rings. The largest absolute Gasteiger partial charge is 0.493 e. The van der Waals surface area contributed by atoms with Crippen LogP contribution in [-0.2, 0) is 0 Å². The molecule has 2 N–H and O–H groups in total. The second-order valence-electron chi connectivity index (χ2n) is 5.16. The Morgan fingerprint density at radius 1 is 1.16 bits per heavy atom. The van der Waals surface area contributed by atoms with Gasteiger partial charge in [0.15, 0.2) is 11.5 Å². The first-order valence-corrected chi connectivity index (χ1v) is 7.08. The maximum absolute atomic E-state index is 5.90. The molecule has 3 nitrogen and oxygen atoms in total. The predicted octanol–water partition coefficient (Wildman–Crippen LogP) is 3.54. The molecule has 0 aliphatic carbocycles. The lowest BCUT2D eigenvalue weighted by Gasteiger charge is -2.30. The SMILES string of the molecule is CCC(CC)(CN)CCOc1ccc(C)cc1OC. The van der Waals surface area contributed by atoms with Crippen LogP contribution in [0.15, 0.2) is 18.2 Å². The van der Waals surface area contributed by atoms with Crippen LogP contribution in [0.2, 0.25) is 0 Å². The van der Waals surface area contributed by atoms with Crippen LogP contribution in [-0.4, -0.2) is 20.3 Å². The average molecular weight is 265 g/mol. The number of methoxy groups -OCH3 is 1. The highest BCUT2D eigenvalue weighted by Gasteiger charge is 2.24. The zero-order valence-corrected chi connectivity index (χ0v) is 12.7. The Balaban J connectivity index is 2.62. The molecule has 0 fully saturated rings. The van der Waals surface area contributed by atoms with E-state index in [2.05, 4.69) is 13.8 Å². The number of hydrogen-bond donors (Lipinski definition) is 1. The minimum Gasteiger partial charge on any atom is -0.493 e. The molecule has 0 unspecified atom stereocenters. The van der Waals surface area contributed by atoms with Crippen LogP contribution in [0.4, 0.5) is 0 Å². The van der Waals surface area contributed by atoms with Crippen molar-refractivity contribution in [3.63, 3.8) is 0 Å². The Bertz CT molecular complexity index is 378. The summed E-state index contributed by atoms with van der Waals surface area (Å²) in [6, 6.07) is 6.00. The van der Waals surface area contributed by atoms with E-state index in [9.17, 15) is 0 Å². The molecular weight excluding hydrogens is 238 g/mol. The van der Waals surface area contributed by atoms with E-state index in [-0.39, 0.29) is 5.41 Å². The topological polar surface area (TPSA) is 44.5 Å². The lowest BCUT2D eigenvalue weighted by atomic mass is 9.80. The van der Waals surface area contributed by atoms with Gasteiger partial charge in [0.25, 0.3) is 0 Å². The highest BCUT2D eigenvalue weighted by atomic mass is 16.5. The van der Waals surface area contributed by atoms with Crippen molar-refractivity contribution >= 4 is 0 Å². The van der Waals surface area contributed by atoms with Crippen molar-refractivity contribution in [3.8, 4) is 11.5 Å². The van der Waals surface area contributed by atoms with Gasteiger partial charge in [-0.3, -0.25) is 0 Å². The third kappa shape index (κ3) is 4.13. The van der Waals surface area contributed by atoms with E-state index in [4.69, 9.17) is 15.2 Å². The van der Waals surface area contributed by atoms with Crippen molar-refractivity contribution in [2.75, 3.05) is 20.3 Å². The van der Waals surface area contributed by atoms with Crippen LogP contribution < -0.4 is 15.2 Å². The molecule has 108 valence electrons. The van der Waals surface area contributed by atoms with Crippen LogP contribution in [0, 0.1) is 12.3 Å². The first-order chi connectivity index (χ1) is 9.10. The minimum absolute atomic E-state index is 0.206. The normalized spacial score (nSPS) is 11.4. The lowest BCUT2D eigenvalue weighted by Crippen LogP contribution is -2.31. The lowest BCUT2D eigenvalue weighted by molar-refractivity contribution is 0.183. The summed E-state index contributed by atoms with van der Waals surface area (Å²) in [4.78, 5) is 0. The van der Waals surface area contributed by atoms with Crippen LogP contribution in [0.1, 0.15) is 38.7 Å². The van der Waals surface area contributed by atoms with Crippen molar-refractivity contribution in [1.29, 1.82) is 0 Å². The maximum atomic E-state index is 5.90. The molecule has 0 saturated carbocycles. The van der Waals surface area contributed by atoms with Crippen molar-refractivity contribution in [1.82, 2.24) is 0 Å². The summed E-state index contributed by atoms with van der Waals surface area (Å²) in [5.74, 6) is 1.61. The van der Waals surface area contributed by atoms with Gasteiger partial charge in [-0.2, -0.15) is 0 Å².